The normalized spacial score (nSPS) is 10.2. The second-order valence-electron chi connectivity index (χ2n) is 4.26. The van der Waals surface area contributed by atoms with Crippen LogP contribution in [0.25, 0.3) is 0 Å². The first kappa shape index (κ1) is 23.1. The highest BCUT2D eigenvalue weighted by atomic mass is 35.5. The first-order valence-corrected chi connectivity index (χ1v) is 6.49. The molecule has 1 aromatic carbocycles. The molecule has 0 atom stereocenters. The fraction of sp³-hybridized carbons (Fsp3) is 0.143. The lowest BCUT2D eigenvalue weighted by atomic mass is 10.3. The maximum Gasteiger partial charge on any atom is 0.417 e. The van der Waals surface area contributed by atoms with E-state index < -0.39 is 24.3 Å². The Balaban J connectivity index is 0.00000288. The number of aliphatic carboxylic acids is 1. The number of rotatable bonds is 5. The number of carboxylic acid groups (broad SMARTS) is 1. The summed E-state index contributed by atoms with van der Waals surface area (Å²) >= 11 is 5.72. The van der Waals surface area contributed by atoms with Gasteiger partial charge in [-0.1, -0.05) is 11.6 Å². The van der Waals surface area contributed by atoms with Crippen LogP contribution in [0, 0.1) is 0 Å². The molecule has 1 aromatic heterocycles. The summed E-state index contributed by atoms with van der Waals surface area (Å²) < 4.78 is 47.7. The zero-order valence-electron chi connectivity index (χ0n) is 12.1. The summed E-state index contributed by atoms with van der Waals surface area (Å²) in [7, 11) is 0. The number of pyridine rings is 1. The topological polar surface area (TPSA) is 68.7 Å². The van der Waals surface area contributed by atoms with E-state index in [1.165, 1.54) is 24.3 Å². The minimum Gasteiger partial charge on any atom is -0.482 e. The van der Waals surface area contributed by atoms with Gasteiger partial charge < -0.3 is 14.6 Å². The third-order valence-corrected chi connectivity index (χ3v) is 2.81. The van der Waals surface area contributed by atoms with Crippen molar-refractivity contribution in [2.24, 2.45) is 0 Å². The van der Waals surface area contributed by atoms with Crippen LogP contribution in [-0.2, 0) is 11.0 Å². The van der Waals surface area contributed by atoms with Gasteiger partial charge in [-0.2, -0.15) is 13.2 Å². The Bertz CT molecular complexity index is 711. The molecule has 0 amide bonds. The van der Waals surface area contributed by atoms with Gasteiger partial charge in [0.05, 0.1) is 5.56 Å². The SMILES string of the molecule is Cl.Cl.O=C(O)COc1ccc(Oc2ncc(C(F)(F)F)cc2Cl)cc1. The highest BCUT2D eigenvalue weighted by molar-refractivity contribution is 6.31. The molecule has 25 heavy (non-hydrogen) atoms. The number of hydrogen-bond donors (Lipinski definition) is 1. The monoisotopic (exact) mass is 419 g/mol. The van der Waals surface area contributed by atoms with E-state index in [-0.39, 0.29) is 41.5 Å². The zero-order chi connectivity index (χ0) is 17.0. The van der Waals surface area contributed by atoms with Crippen molar-refractivity contribution >= 4 is 42.4 Å². The molecule has 2 rings (SSSR count). The van der Waals surface area contributed by atoms with Crippen LogP contribution in [0.15, 0.2) is 36.5 Å². The molecule has 0 aliphatic heterocycles. The van der Waals surface area contributed by atoms with E-state index in [9.17, 15) is 18.0 Å². The largest absolute Gasteiger partial charge is 0.482 e. The average molecular weight is 421 g/mol. The summed E-state index contributed by atoms with van der Waals surface area (Å²) in [5.41, 5.74) is -0.979. The minimum absolute atomic E-state index is 0. The van der Waals surface area contributed by atoms with Crippen molar-refractivity contribution in [3.63, 3.8) is 0 Å². The molecular formula is C14H11Cl3F3NO4. The van der Waals surface area contributed by atoms with Gasteiger partial charge in [-0.05, 0) is 30.3 Å². The Labute approximate surface area is 157 Å². The smallest absolute Gasteiger partial charge is 0.417 e. The van der Waals surface area contributed by atoms with E-state index in [1.54, 1.807) is 0 Å². The third kappa shape index (κ3) is 6.85. The van der Waals surface area contributed by atoms with Crippen molar-refractivity contribution in [3.8, 4) is 17.4 Å². The summed E-state index contributed by atoms with van der Waals surface area (Å²) in [5.74, 6) is -0.752. The van der Waals surface area contributed by atoms with Gasteiger partial charge in [-0.25, -0.2) is 9.78 Å². The highest BCUT2D eigenvalue weighted by Gasteiger charge is 2.31. The molecule has 0 saturated carbocycles. The molecule has 2 aromatic rings. The number of ether oxygens (including phenoxy) is 2. The Morgan fingerprint density at radius 3 is 2.20 bits per heavy atom. The van der Waals surface area contributed by atoms with Crippen molar-refractivity contribution in [2.45, 2.75) is 6.18 Å². The molecular weight excluding hydrogens is 410 g/mol. The van der Waals surface area contributed by atoms with Crippen molar-refractivity contribution in [1.29, 1.82) is 0 Å². The van der Waals surface area contributed by atoms with Crippen molar-refractivity contribution < 1.29 is 32.5 Å². The van der Waals surface area contributed by atoms with Crippen LogP contribution < -0.4 is 9.47 Å². The molecule has 0 bridgehead atoms. The molecule has 138 valence electrons. The van der Waals surface area contributed by atoms with Gasteiger partial charge in [0.25, 0.3) is 0 Å². The number of carbonyl (C=O) groups is 1. The van der Waals surface area contributed by atoms with E-state index in [1.807, 2.05) is 0 Å². The highest BCUT2D eigenvalue weighted by Crippen LogP contribution is 2.34. The van der Waals surface area contributed by atoms with Crippen LogP contribution in [0.2, 0.25) is 5.02 Å². The van der Waals surface area contributed by atoms with E-state index >= 15 is 0 Å². The van der Waals surface area contributed by atoms with Crippen LogP contribution in [0.4, 0.5) is 13.2 Å². The maximum atomic E-state index is 12.5. The van der Waals surface area contributed by atoms with Gasteiger partial charge in [0.15, 0.2) is 6.61 Å². The Kier molecular flexibility index (Phi) is 8.82. The van der Waals surface area contributed by atoms with Crippen LogP contribution in [0.3, 0.4) is 0 Å². The zero-order valence-corrected chi connectivity index (χ0v) is 14.5. The van der Waals surface area contributed by atoms with Crippen LogP contribution in [0.1, 0.15) is 5.56 Å². The lowest BCUT2D eigenvalue weighted by Crippen LogP contribution is -2.09. The molecule has 0 saturated heterocycles. The van der Waals surface area contributed by atoms with Gasteiger partial charge in [-0.15, -0.1) is 24.8 Å². The summed E-state index contributed by atoms with van der Waals surface area (Å²) in [6.45, 7) is -0.494. The number of hydrogen-bond acceptors (Lipinski definition) is 4. The Hall–Kier alpha value is -1.90. The van der Waals surface area contributed by atoms with Crippen LogP contribution in [0.5, 0.6) is 17.4 Å². The van der Waals surface area contributed by atoms with Gasteiger partial charge in [0.2, 0.25) is 5.88 Å². The van der Waals surface area contributed by atoms with Gasteiger partial charge >= 0.3 is 12.1 Å². The first-order chi connectivity index (χ1) is 10.8. The number of alkyl halides is 3. The number of carboxylic acids is 1. The summed E-state index contributed by atoms with van der Waals surface area (Å²) in [4.78, 5) is 13.9. The first-order valence-electron chi connectivity index (χ1n) is 6.11. The van der Waals surface area contributed by atoms with Crippen molar-refractivity contribution in [3.05, 3.63) is 47.1 Å². The molecule has 0 fully saturated rings. The Morgan fingerprint density at radius 2 is 1.72 bits per heavy atom. The van der Waals surface area contributed by atoms with E-state index in [4.69, 9.17) is 26.2 Å². The third-order valence-electron chi connectivity index (χ3n) is 2.54. The second-order valence-corrected chi connectivity index (χ2v) is 4.67. The molecule has 0 spiro atoms. The van der Waals surface area contributed by atoms with E-state index in [0.717, 1.165) is 0 Å². The number of halogens is 6. The summed E-state index contributed by atoms with van der Waals surface area (Å²) in [6, 6.07) is 6.47. The van der Waals surface area contributed by atoms with Gasteiger partial charge in [-0.3, -0.25) is 0 Å². The fourth-order valence-corrected chi connectivity index (χ4v) is 1.72. The minimum atomic E-state index is -4.54. The molecule has 0 unspecified atom stereocenters. The number of aromatic nitrogens is 1. The molecule has 0 aliphatic rings. The Morgan fingerprint density at radius 1 is 1.16 bits per heavy atom. The number of nitrogens with zero attached hydrogens (tertiary/aromatic N) is 1. The molecule has 0 aliphatic carbocycles. The summed E-state index contributed by atoms with van der Waals surface area (Å²) in [5, 5.41) is 8.20. The predicted octanol–water partition coefficient (Wildman–Crippen LogP) is 4.85. The van der Waals surface area contributed by atoms with Crippen LogP contribution >= 0.6 is 36.4 Å². The van der Waals surface area contributed by atoms with Crippen molar-refractivity contribution in [2.75, 3.05) is 6.61 Å². The average Bonchev–Trinajstić information content (AvgIpc) is 2.47. The number of benzene rings is 1. The molecule has 0 radical (unpaired) electrons. The van der Waals surface area contributed by atoms with E-state index in [0.29, 0.717) is 18.0 Å². The molecule has 1 N–H and O–H groups in total. The lowest BCUT2D eigenvalue weighted by molar-refractivity contribution is -0.139. The molecule has 1 heterocycles. The van der Waals surface area contributed by atoms with Crippen molar-refractivity contribution in [1.82, 2.24) is 4.98 Å². The van der Waals surface area contributed by atoms with Gasteiger partial charge in [0, 0.05) is 6.20 Å². The fourth-order valence-electron chi connectivity index (χ4n) is 1.52. The standard InChI is InChI=1S/C14H9ClF3NO4.2ClH/c15-11-5-8(14(16,17)18)6-19-13(11)23-10-3-1-9(2-4-10)22-7-12(20)21;;/h1-6H,7H2,(H,20,21);2*1H. The second kappa shape index (κ2) is 9.55. The van der Waals surface area contributed by atoms with Crippen LogP contribution in [-0.4, -0.2) is 22.7 Å². The lowest BCUT2D eigenvalue weighted by Gasteiger charge is -2.10. The maximum absolute atomic E-state index is 12.5. The summed E-state index contributed by atoms with van der Waals surface area (Å²) in [6.07, 6.45) is -3.93. The molecule has 5 nitrogen and oxygen atoms in total. The van der Waals surface area contributed by atoms with Gasteiger partial charge in [0.1, 0.15) is 16.5 Å². The van der Waals surface area contributed by atoms with E-state index in [2.05, 4.69) is 4.98 Å². The molecule has 11 heteroatoms. The predicted molar refractivity (Wildman–Crippen MR) is 88.4 cm³/mol. The quantitative estimate of drug-likeness (QED) is 0.749.